The summed E-state index contributed by atoms with van der Waals surface area (Å²) < 4.78 is 0. The van der Waals surface area contributed by atoms with E-state index in [0.29, 0.717) is 10.5 Å². The normalized spacial score (nSPS) is 11.2. The maximum absolute atomic E-state index is 11.1. The number of thioether (sulfide) groups is 1. The first-order valence-electron chi connectivity index (χ1n) is 4.96. The van der Waals surface area contributed by atoms with Gasteiger partial charge < -0.3 is 10.2 Å². The number of carbonyl (C=O) groups is 2. The average Bonchev–Trinajstić information content (AvgIpc) is 2.27. The Morgan fingerprint density at radius 1 is 1.24 bits per heavy atom. The molecule has 0 fully saturated rings. The number of carboxylic acid groups (broad SMARTS) is 2. The fraction of sp³-hybridized carbons (Fsp3) is 0.333. The van der Waals surface area contributed by atoms with Crippen molar-refractivity contribution in [3.63, 3.8) is 0 Å². The molecule has 0 saturated carbocycles. The molecule has 0 radical (unpaired) electrons. The molecule has 0 amide bonds. The Kier molecular flexibility index (Phi) is 3.83. The SMILES string of the molecule is CSc1ccc(C(C)(C)C(=O)O)cc1C(=O)O. The second kappa shape index (κ2) is 4.79. The van der Waals surface area contributed by atoms with Gasteiger partial charge in [0.25, 0.3) is 0 Å². The summed E-state index contributed by atoms with van der Waals surface area (Å²) in [5.74, 6) is -2.02. The van der Waals surface area contributed by atoms with Gasteiger partial charge in [0.05, 0.1) is 11.0 Å². The van der Waals surface area contributed by atoms with Crippen LogP contribution in [0.15, 0.2) is 23.1 Å². The Hall–Kier alpha value is -1.49. The predicted octanol–water partition coefficient (Wildman–Crippen LogP) is 2.47. The van der Waals surface area contributed by atoms with E-state index in [2.05, 4.69) is 0 Å². The number of rotatable bonds is 4. The third-order valence-corrected chi connectivity index (χ3v) is 3.48. The minimum Gasteiger partial charge on any atom is -0.481 e. The Morgan fingerprint density at radius 3 is 2.24 bits per heavy atom. The van der Waals surface area contributed by atoms with Gasteiger partial charge in [-0.05, 0) is 37.8 Å². The lowest BCUT2D eigenvalue weighted by Gasteiger charge is -2.20. The monoisotopic (exact) mass is 254 g/mol. The number of carboxylic acids is 2. The van der Waals surface area contributed by atoms with Crippen LogP contribution in [0.4, 0.5) is 0 Å². The summed E-state index contributed by atoms with van der Waals surface area (Å²) in [6.45, 7) is 3.10. The first-order chi connectivity index (χ1) is 7.80. The van der Waals surface area contributed by atoms with Crippen LogP contribution in [0.25, 0.3) is 0 Å². The molecule has 5 heteroatoms. The summed E-state index contributed by atoms with van der Waals surface area (Å²) in [5.41, 5.74) is -0.467. The third kappa shape index (κ3) is 2.61. The van der Waals surface area contributed by atoms with E-state index in [1.807, 2.05) is 0 Å². The van der Waals surface area contributed by atoms with E-state index in [1.165, 1.54) is 17.8 Å². The molecule has 4 nitrogen and oxygen atoms in total. The molecule has 1 aromatic carbocycles. The van der Waals surface area contributed by atoms with Crippen molar-refractivity contribution in [1.29, 1.82) is 0 Å². The number of aliphatic carboxylic acids is 1. The van der Waals surface area contributed by atoms with Gasteiger partial charge in [-0.2, -0.15) is 0 Å². The molecule has 0 unspecified atom stereocenters. The molecule has 0 aliphatic rings. The fourth-order valence-electron chi connectivity index (χ4n) is 1.39. The van der Waals surface area contributed by atoms with Crippen LogP contribution in [0.1, 0.15) is 29.8 Å². The molecule has 2 N–H and O–H groups in total. The molecule has 0 aliphatic heterocycles. The first-order valence-corrected chi connectivity index (χ1v) is 6.18. The first kappa shape index (κ1) is 13.6. The van der Waals surface area contributed by atoms with Crippen molar-refractivity contribution in [2.45, 2.75) is 24.2 Å². The molecular weight excluding hydrogens is 240 g/mol. The van der Waals surface area contributed by atoms with Gasteiger partial charge in [-0.15, -0.1) is 11.8 Å². The van der Waals surface area contributed by atoms with Crippen LogP contribution in [0.5, 0.6) is 0 Å². The lowest BCUT2D eigenvalue weighted by Crippen LogP contribution is -2.28. The second-order valence-corrected chi connectivity index (χ2v) is 5.00. The zero-order valence-electron chi connectivity index (χ0n) is 9.85. The Labute approximate surface area is 104 Å². The van der Waals surface area contributed by atoms with Crippen molar-refractivity contribution in [3.8, 4) is 0 Å². The topological polar surface area (TPSA) is 74.6 Å². The van der Waals surface area contributed by atoms with Gasteiger partial charge in [-0.1, -0.05) is 6.07 Å². The van der Waals surface area contributed by atoms with Crippen molar-refractivity contribution < 1.29 is 19.8 Å². The molecule has 0 heterocycles. The summed E-state index contributed by atoms with van der Waals surface area (Å²) in [5, 5.41) is 18.2. The smallest absolute Gasteiger partial charge is 0.336 e. The molecule has 0 aliphatic carbocycles. The maximum Gasteiger partial charge on any atom is 0.336 e. The number of aromatic carboxylic acids is 1. The Bertz CT molecular complexity index is 466. The number of hydrogen-bond donors (Lipinski definition) is 2. The molecule has 0 aromatic heterocycles. The Morgan fingerprint density at radius 2 is 1.82 bits per heavy atom. The lowest BCUT2D eigenvalue weighted by molar-refractivity contribution is -0.142. The van der Waals surface area contributed by atoms with E-state index in [9.17, 15) is 9.59 Å². The van der Waals surface area contributed by atoms with Crippen LogP contribution >= 0.6 is 11.8 Å². The highest BCUT2D eigenvalue weighted by Gasteiger charge is 2.30. The number of benzene rings is 1. The largest absolute Gasteiger partial charge is 0.481 e. The van der Waals surface area contributed by atoms with Crippen LogP contribution < -0.4 is 0 Å². The van der Waals surface area contributed by atoms with Crippen LogP contribution in [-0.2, 0) is 10.2 Å². The van der Waals surface area contributed by atoms with Gasteiger partial charge in [0.2, 0.25) is 0 Å². The molecule has 1 aromatic rings. The quantitative estimate of drug-likeness (QED) is 0.807. The summed E-state index contributed by atoms with van der Waals surface area (Å²) in [6.07, 6.45) is 1.78. The zero-order chi connectivity index (χ0) is 13.2. The molecular formula is C12H14O4S. The lowest BCUT2D eigenvalue weighted by atomic mass is 9.84. The molecule has 17 heavy (non-hydrogen) atoms. The summed E-state index contributed by atoms with van der Waals surface area (Å²) >= 11 is 1.32. The predicted molar refractivity (Wildman–Crippen MR) is 65.8 cm³/mol. The summed E-state index contributed by atoms with van der Waals surface area (Å²) in [6, 6.07) is 4.74. The van der Waals surface area contributed by atoms with Crippen molar-refractivity contribution in [3.05, 3.63) is 29.3 Å². The minimum atomic E-state index is -1.10. The minimum absolute atomic E-state index is 0.143. The number of hydrogen-bond acceptors (Lipinski definition) is 3. The molecule has 1 rings (SSSR count). The standard InChI is InChI=1S/C12H14O4S/c1-12(2,11(15)16)7-4-5-9(17-3)8(6-7)10(13)14/h4-6H,1-3H3,(H,13,14)(H,15,16). The van der Waals surface area contributed by atoms with Crippen LogP contribution in [-0.4, -0.2) is 28.4 Å². The van der Waals surface area contributed by atoms with Gasteiger partial charge >= 0.3 is 11.9 Å². The molecule has 0 bridgehead atoms. The highest BCUT2D eigenvalue weighted by molar-refractivity contribution is 7.98. The van der Waals surface area contributed by atoms with Crippen molar-refractivity contribution in [2.75, 3.05) is 6.26 Å². The van der Waals surface area contributed by atoms with E-state index in [4.69, 9.17) is 10.2 Å². The van der Waals surface area contributed by atoms with Gasteiger partial charge in [0.1, 0.15) is 0 Å². The Balaban J connectivity index is 3.35. The maximum atomic E-state index is 11.1. The highest BCUT2D eigenvalue weighted by atomic mass is 32.2. The molecule has 0 atom stereocenters. The van der Waals surface area contributed by atoms with Crippen molar-refractivity contribution >= 4 is 23.7 Å². The second-order valence-electron chi connectivity index (χ2n) is 4.15. The van der Waals surface area contributed by atoms with E-state index in [-0.39, 0.29) is 5.56 Å². The van der Waals surface area contributed by atoms with Gasteiger partial charge in [-0.3, -0.25) is 4.79 Å². The zero-order valence-corrected chi connectivity index (χ0v) is 10.7. The fourth-order valence-corrected chi connectivity index (χ4v) is 1.96. The van der Waals surface area contributed by atoms with Gasteiger partial charge in [0.15, 0.2) is 0 Å². The summed E-state index contributed by atoms with van der Waals surface area (Å²) in [4.78, 5) is 22.8. The van der Waals surface area contributed by atoms with Crippen LogP contribution in [0.3, 0.4) is 0 Å². The van der Waals surface area contributed by atoms with Crippen LogP contribution in [0.2, 0.25) is 0 Å². The van der Waals surface area contributed by atoms with E-state index >= 15 is 0 Å². The van der Waals surface area contributed by atoms with Gasteiger partial charge in [0, 0.05) is 4.90 Å². The third-order valence-electron chi connectivity index (χ3n) is 2.69. The molecule has 0 spiro atoms. The molecule has 92 valence electrons. The summed E-state index contributed by atoms with van der Waals surface area (Å²) in [7, 11) is 0. The highest BCUT2D eigenvalue weighted by Crippen LogP contribution is 2.29. The van der Waals surface area contributed by atoms with E-state index in [0.717, 1.165) is 0 Å². The van der Waals surface area contributed by atoms with Crippen LogP contribution in [0, 0.1) is 0 Å². The van der Waals surface area contributed by atoms with Crippen molar-refractivity contribution in [2.24, 2.45) is 0 Å². The van der Waals surface area contributed by atoms with Gasteiger partial charge in [-0.25, -0.2) is 4.79 Å². The van der Waals surface area contributed by atoms with E-state index < -0.39 is 17.4 Å². The van der Waals surface area contributed by atoms with Crippen molar-refractivity contribution in [1.82, 2.24) is 0 Å². The average molecular weight is 254 g/mol. The van der Waals surface area contributed by atoms with E-state index in [1.54, 1.807) is 32.2 Å². The molecule has 0 saturated heterocycles.